The molecule has 1 saturated heterocycles. The Labute approximate surface area is 184 Å². The van der Waals surface area contributed by atoms with Gasteiger partial charge < -0.3 is 14.5 Å². The summed E-state index contributed by atoms with van der Waals surface area (Å²) in [6.45, 7) is 5.39. The van der Waals surface area contributed by atoms with Gasteiger partial charge >= 0.3 is 0 Å². The number of amides is 1. The summed E-state index contributed by atoms with van der Waals surface area (Å²) in [7, 11) is 0. The molecular formula is C26H31N3O2. The van der Waals surface area contributed by atoms with Crippen molar-refractivity contribution in [3.8, 4) is 11.5 Å². The largest absolute Gasteiger partial charge is 0.454 e. The third-order valence-electron chi connectivity index (χ3n) is 6.75. The van der Waals surface area contributed by atoms with Crippen molar-refractivity contribution in [2.24, 2.45) is 10.9 Å². The first-order valence-corrected chi connectivity index (χ1v) is 11.7. The number of amidine groups is 1. The predicted molar refractivity (Wildman–Crippen MR) is 123 cm³/mol. The lowest BCUT2D eigenvalue weighted by Gasteiger charge is -2.29. The summed E-state index contributed by atoms with van der Waals surface area (Å²) in [6, 6.07) is 14.2. The molecule has 1 aliphatic carbocycles. The topological polar surface area (TPSA) is 45.1 Å². The highest BCUT2D eigenvalue weighted by atomic mass is 16.5. The summed E-state index contributed by atoms with van der Waals surface area (Å²) in [4.78, 5) is 22.6. The molecule has 0 unspecified atom stereocenters. The maximum Gasteiger partial charge on any atom is 0.225 e. The van der Waals surface area contributed by atoms with Gasteiger partial charge in [0.25, 0.3) is 0 Å². The number of aryl methyl sites for hydroxylation is 1. The Kier molecular flexibility index (Phi) is 5.66. The van der Waals surface area contributed by atoms with Crippen molar-refractivity contribution in [2.45, 2.75) is 45.4 Å². The molecule has 2 heterocycles. The van der Waals surface area contributed by atoms with Crippen LogP contribution >= 0.6 is 0 Å². The van der Waals surface area contributed by atoms with E-state index in [-0.39, 0.29) is 5.92 Å². The van der Waals surface area contributed by atoms with Crippen LogP contribution in [-0.4, -0.2) is 47.7 Å². The number of hydrogen-bond acceptors (Lipinski definition) is 4. The summed E-state index contributed by atoms with van der Waals surface area (Å²) in [6.07, 6.45) is 6.76. The van der Waals surface area contributed by atoms with Gasteiger partial charge in [0.05, 0.1) is 5.56 Å². The summed E-state index contributed by atoms with van der Waals surface area (Å²) in [5.41, 5.74) is 3.07. The quantitative estimate of drug-likeness (QED) is 0.633. The third kappa shape index (κ3) is 4.18. The van der Waals surface area contributed by atoms with Crippen LogP contribution in [0.25, 0.3) is 0 Å². The molecule has 0 aromatic heterocycles. The zero-order chi connectivity index (χ0) is 21.2. The maximum absolute atomic E-state index is 13.1. The van der Waals surface area contributed by atoms with E-state index in [2.05, 4.69) is 28.9 Å². The number of para-hydroxylation sites is 2. The highest BCUT2D eigenvalue weighted by Gasteiger charge is 2.29. The highest BCUT2D eigenvalue weighted by Crippen LogP contribution is 2.38. The third-order valence-corrected chi connectivity index (χ3v) is 6.75. The fraction of sp³-hybridized carbons (Fsp3) is 0.462. The Morgan fingerprint density at radius 2 is 1.77 bits per heavy atom. The lowest BCUT2D eigenvalue weighted by Crippen LogP contribution is -2.40. The fourth-order valence-electron chi connectivity index (χ4n) is 5.03. The highest BCUT2D eigenvalue weighted by molar-refractivity contribution is 6.04. The zero-order valence-electron chi connectivity index (χ0n) is 18.3. The van der Waals surface area contributed by atoms with Gasteiger partial charge in [-0.25, -0.2) is 4.99 Å². The molecule has 31 heavy (non-hydrogen) atoms. The Balaban J connectivity index is 1.42. The van der Waals surface area contributed by atoms with Crippen LogP contribution in [0, 0.1) is 12.8 Å². The number of hydrogen-bond donors (Lipinski definition) is 0. The molecule has 2 aliphatic heterocycles. The Hall–Kier alpha value is -2.82. The molecule has 2 aromatic carbocycles. The second-order valence-electron chi connectivity index (χ2n) is 9.01. The smallest absolute Gasteiger partial charge is 0.225 e. The zero-order valence-corrected chi connectivity index (χ0v) is 18.3. The summed E-state index contributed by atoms with van der Waals surface area (Å²) in [5, 5.41) is 0. The molecule has 0 N–H and O–H groups in total. The van der Waals surface area contributed by atoms with Gasteiger partial charge in [0, 0.05) is 32.1 Å². The monoisotopic (exact) mass is 417 g/mol. The van der Waals surface area contributed by atoms with Crippen LogP contribution in [0.1, 0.15) is 49.7 Å². The molecule has 1 amide bonds. The van der Waals surface area contributed by atoms with E-state index in [1.54, 1.807) is 0 Å². The van der Waals surface area contributed by atoms with Crippen molar-refractivity contribution in [1.82, 2.24) is 9.80 Å². The van der Waals surface area contributed by atoms with Crippen LogP contribution in [-0.2, 0) is 4.79 Å². The minimum absolute atomic E-state index is 0.235. The van der Waals surface area contributed by atoms with E-state index >= 15 is 0 Å². The summed E-state index contributed by atoms with van der Waals surface area (Å²) in [5.74, 6) is 3.18. The SMILES string of the molecule is Cc1ccc2c(c1)C(N1CCCN(C(=O)C3CCCCC3)CC1)=Nc1ccccc1O2. The number of nitrogens with zero attached hydrogens (tertiary/aromatic N) is 3. The second-order valence-corrected chi connectivity index (χ2v) is 9.01. The number of aliphatic imine (C=N–C) groups is 1. The first-order chi connectivity index (χ1) is 15.2. The molecular weight excluding hydrogens is 386 g/mol. The van der Waals surface area contributed by atoms with E-state index in [1.165, 1.54) is 24.8 Å². The Morgan fingerprint density at radius 1 is 0.935 bits per heavy atom. The molecule has 5 heteroatoms. The number of carbonyl (C=O) groups excluding carboxylic acids is 1. The second kappa shape index (κ2) is 8.74. The molecule has 0 spiro atoms. The van der Waals surface area contributed by atoms with Gasteiger partial charge in [0.2, 0.25) is 5.91 Å². The first-order valence-electron chi connectivity index (χ1n) is 11.7. The van der Waals surface area contributed by atoms with Gasteiger partial charge in [-0.05, 0) is 50.5 Å². The summed E-state index contributed by atoms with van der Waals surface area (Å²) < 4.78 is 6.24. The number of ether oxygens (including phenoxy) is 1. The van der Waals surface area contributed by atoms with E-state index in [4.69, 9.17) is 9.73 Å². The lowest BCUT2D eigenvalue weighted by atomic mass is 9.88. The molecule has 2 aromatic rings. The molecule has 5 rings (SSSR count). The van der Waals surface area contributed by atoms with Crippen molar-refractivity contribution in [3.63, 3.8) is 0 Å². The van der Waals surface area contributed by atoms with E-state index in [0.29, 0.717) is 5.91 Å². The number of benzene rings is 2. The molecule has 0 bridgehead atoms. The standard InChI is InChI=1S/C26H31N3O2/c1-19-12-13-23-21(18-19)25(27-22-10-5-6-11-24(22)31-23)28-14-7-15-29(17-16-28)26(30)20-8-3-2-4-9-20/h5-6,10-13,18,20H,2-4,7-9,14-17H2,1H3. The van der Waals surface area contributed by atoms with Crippen LogP contribution < -0.4 is 4.74 Å². The Morgan fingerprint density at radius 3 is 2.65 bits per heavy atom. The van der Waals surface area contributed by atoms with Gasteiger partial charge in [-0.1, -0.05) is 43.0 Å². The van der Waals surface area contributed by atoms with E-state index in [1.807, 2.05) is 30.3 Å². The first kappa shape index (κ1) is 20.1. The van der Waals surface area contributed by atoms with E-state index < -0.39 is 0 Å². The van der Waals surface area contributed by atoms with E-state index in [9.17, 15) is 4.79 Å². The van der Waals surface area contributed by atoms with Gasteiger partial charge in [-0.2, -0.15) is 0 Å². The predicted octanol–water partition coefficient (Wildman–Crippen LogP) is 5.29. The summed E-state index contributed by atoms with van der Waals surface area (Å²) >= 11 is 0. The molecule has 1 saturated carbocycles. The molecule has 2 fully saturated rings. The maximum atomic E-state index is 13.1. The van der Waals surface area contributed by atoms with Crippen LogP contribution in [0.3, 0.4) is 0 Å². The average molecular weight is 418 g/mol. The minimum atomic E-state index is 0.235. The van der Waals surface area contributed by atoms with Gasteiger partial charge in [-0.15, -0.1) is 0 Å². The van der Waals surface area contributed by atoms with Gasteiger partial charge in [0.1, 0.15) is 17.3 Å². The van der Waals surface area contributed by atoms with Crippen molar-refractivity contribution in [1.29, 1.82) is 0 Å². The average Bonchev–Trinajstić information content (AvgIpc) is 3.14. The fourth-order valence-corrected chi connectivity index (χ4v) is 5.03. The van der Waals surface area contributed by atoms with Crippen LogP contribution in [0.15, 0.2) is 47.5 Å². The van der Waals surface area contributed by atoms with Crippen molar-refractivity contribution in [2.75, 3.05) is 26.2 Å². The van der Waals surface area contributed by atoms with E-state index in [0.717, 1.165) is 74.0 Å². The molecule has 3 aliphatic rings. The normalized spacial score (nSPS) is 19.5. The van der Waals surface area contributed by atoms with Crippen LogP contribution in [0.5, 0.6) is 11.5 Å². The number of carbonyl (C=O) groups is 1. The molecule has 0 radical (unpaired) electrons. The van der Waals surface area contributed by atoms with Crippen molar-refractivity contribution >= 4 is 17.4 Å². The molecule has 162 valence electrons. The molecule has 0 atom stereocenters. The Bertz CT molecular complexity index is 994. The number of fused-ring (bicyclic) bond motifs is 2. The number of rotatable bonds is 1. The molecule has 5 nitrogen and oxygen atoms in total. The minimum Gasteiger partial charge on any atom is -0.454 e. The van der Waals surface area contributed by atoms with Gasteiger partial charge in [-0.3, -0.25) is 4.79 Å². The van der Waals surface area contributed by atoms with Crippen LogP contribution in [0.4, 0.5) is 5.69 Å². The van der Waals surface area contributed by atoms with Crippen LogP contribution in [0.2, 0.25) is 0 Å². The van der Waals surface area contributed by atoms with Crippen molar-refractivity contribution in [3.05, 3.63) is 53.6 Å². The van der Waals surface area contributed by atoms with Crippen molar-refractivity contribution < 1.29 is 9.53 Å². The van der Waals surface area contributed by atoms with Gasteiger partial charge in [0.15, 0.2) is 5.75 Å². The lowest BCUT2D eigenvalue weighted by molar-refractivity contribution is -0.136.